The maximum atomic E-state index is 11.5. The van der Waals surface area contributed by atoms with Crippen LogP contribution in [0.2, 0.25) is 0 Å². The van der Waals surface area contributed by atoms with Crippen molar-refractivity contribution in [2.75, 3.05) is 11.9 Å². The van der Waals surface area contributed by atoms with Crippen molar-refractivity contribution < 1.29 is 9.53 Å². The molecule has 0 spiro atoms. The molecule has 2 N–H and O–H groups in total. The molecule has 2 rings (SSSR count). The van der Waals surface area contributed by atoms with Gasteiger partial charge < -0.3 is 10.1 Å². The summed E-state index contributed by atoms with van der Waals surface area (Å²) in [7, 11) is 0. The van der Waals surface area contributed by atoms with Crippen LogP contribution >= 0.6 is 0 Å². The Morgan fingerprint density at radius 2 is 2.39 bits per heavy atom. The SMILES string of the molecule is CCOC(=O)c1ccnc(Nc2cc(C)[nH]n2)n1. The van der Waals surface area contributed by atoms with E-state index in [1.54, 1.807) is 13.0 Å². The van der Waals surface area contributed by atoms with Crippen molar-refractivity contribution in [3.8, 4) is 0 Å². The Balaban J connectivity index is 2.14. The van der Waals surface area contributed by atoms with Crippen LogP contribution in [0.15, 0.2) is 18.3 Å². The van der Waals surface area contributed by atoms with Gasteiger partial charge in [0, 0.05) is 18.0 Å². The maximum Gasteiger partial charge on any atom is 0.357 e. The summed E-state index contributed by atoms with van der Waals surface area (Å²) >= 11 is 0. The molecule has 94 valence electrons. The molecule has 0 aliphatic rings. The van der Waals surface area contributed by atoms with Crippen molar-refractivity contribution in [3.63, 3.8) is 0 Å². The van der Waals surface area contributed by atoms with Gasteiger partial charge in [0.2, 0.25) is 5.95 Å². The Labute approximate surface area is 104 Å². The van der Waals surface area contributed by atoms with E-state index in [1.807, 2.05) is 6.92 Å². The molecule has 0 amide bonds. The third-order valence-electron chi connectivity index (χ3n) is 2.09. The van der Waals surface area contributed by atoms with Gasteiger partial charge in [-0.1, -0.05) is 0 Å². The number of nitrogens with zero attached hydrogens (tertiary/aromatic N) is 3. The van der Waals surface area contributed by atoms with E-state index in [0.29, 0.717) is 18.4 Å². The van der Waals surface area contributed by atoms with Crippen LogP contribution in [0.4, 0.5) is 11.8 Å². The lowest BCUT2D eigenvalue weighted by atomic mass is 10.4. The molecule has 7 nitrogen and oxygen atoms in total. The molecule has 0 radical (unpaired) electrons. The van der Waals surface area contributed by atoms with Gasteiger partial charge in [0.1, 0.15) is 0 Å². The third kappa shape index (κ3) is 2.82. The molecular formula is C11H13N5O2. The molecule has 0 unspecified atom stereocenters. The summed E-state index contributed by atoms with van der Waals surface area (Å²) in [6, 6.07) is 3.30. The van der Waals surface area contributed by atoms with Crippen LogP contribution in [0.3, 0.4) is 0 Å². The highest BCUT2D eigenvalue weighted by molar-refractivity contribution is 5.87. The lowest BCUT2D eigenvalue weighted by Gasteiger charge is -2.03. The Kier molecular flexibility index (Phi) is 3.52. The van der Waals surface area contributed by atoms with Gasteiger partial charge in [0.05, 0.1) is 6.61 Å². The van der Waals surface area contributed by atoms with E-state index in [9.17, 15) is 4.79 Å². The quantitative estimate of drug-likeness (QED) is 0.794. The van der Waals surface area contributed by atoms with E-state index < -0.39 is 5.97 Å². The summed E-state index contributed by atoms with van der Waals surface area (Å²) in [5.74, 6) is 0.418. The number of carbonyl (C=O) groups excluding carboxylic acids is 1. The van der Waals surface area contributed by atoms with Crippen LogP contribution < -0.4 is 5.32 Å². The minimum absolute atomic E-state index is 0.210. The second kappa shape index (κ2) is 5.26. The van der Waals surface area contributed by atoms with Crippen molar-refractivity contribution in [2.24, 2.45) is 0 Å². The number of rotatable bonds is 4. The Morgan fingerprint density at radius 1 is 1.56 bits per heavy atom. The molecule has 0 saturated heterocycles. The summed E-state index contributed by atoms with van der Waals surface area (Å²) < 4.78 is 4.86. The van der Waals surface area contributed by atoms with Gasteiger partial charge in [-0.2, -0.15) is 5.10 Å². The minimum atomic E-state index is -0.471. The smallest absolute Gasteiger partial charge is 0.357 e. The topological polar surface area (TPSA) is 92.8 Å². The summed E-state index contributed by atoms with van der Waals surface area (Å²) in [6.45, 7) is 3.93. The number of anilines is 2. The maximum absolute atomic E-state index is 11.5. The normalized spacial score (nSPS) is 10.1. The van der Waals surface area contributed by atoms with Crippen molar-refractivity contribution in [3.05, 3.63) is 29.7 Å². The molecular weight excluding hydrogens is 234 g/mol. The van der Waals surface area contributed by atoms with Gasteiger partial charge in [-0.25, -0.2) is 14.8 Å². The zero-order chi connectivity index (χ0) is 13.0. The van der Waals surface area contributed by atoms with Gasteiger partial charge in [0.15, 0.2) is 11.5 Å². The van der Waals surface area contributed by atoms with Crippen LogP contribution in [-0.2, 0) is 4.74 Å². The summed E-state index contributed by atoms with van der Waals surface area (Å²) in [4.78, 5) is 19.5. The third-order valence-corrected chi connectivity index (χ3v) is 2.09. The highest BCUT2D eigenvalue weighted by Gasteiger charge is 2.10. The van der Waals surface area contributed by atoms with Crippen LogP contribution in [0.1, 0.15) is 23.1 Å². The summed E-state index contributed by atoms with van der Waals surface area (Å²) in [5, 5.41) is 9.67. The van der Waals surface area contributed by atoms with Gasteiger partial charge in [0.25, 0.3) is 0 Å². The second-order valence-electron chi connectivity index (χ2n) is 3.55. The van der Waals surface area contributed by atoms with Crippen LogP contribution in [0.5, 0.6) is 0 Å². The Morgan fingerprint density at radius 3 is 3.06 bits per heavy atom. The molecule has 2 aromatic heterocycles. The second-order valence-corrected chi connectivity index (χ2v) is 3.55. The molecule has 0 aliphatic heterocycles. The predicted molar refractivity (Wildman–Crippen MR) is 64.6 cm³/mol. The fourth-order valence-corrected chi connectivity index (χ4v) is 1.33. The van der Waals surface area contributed by atoms with E-state index >= 15 is 0 Å². The first-order valence-corrected chi connectivity index (χ1v) is 5.48. The molecule has 0 bridgehead atoms. The largest absolute Gasteiger partial charge is 0.461 e. The zero-order valence-corrected chi connectivity index (χ0v) is 10.1. The molecule has 2 aromatic rings. The monoisotopic (exact) mass is 247 g/mol. The molecule has 0 atom stereocenters. The first kappa shape index (κ1) is 12.0. The standard InChI is InChI=1S/C11H13N5O2/c1-3-18-10(17)8-4-5-12-11(13-8)14-9-6-7(2)15-16-9/h4-6H,3H2,1-2H3,(H2,12,13,14,15,16). The number of aryl methyl sites for hydroxylation is 1. The number of esters is 1. The van der Waals surface area contributed by atoms with Crippen molar-refractivity contribution >= 4 is 17.7 Å². The van der Waals surface area contributed by atoms with Gasteiger partial charge >= 0.3 is 5.97 Å². The highest BCUT2D eigenvalue weighted by atomic mass is 16.5. The van der Waals surface area contributed by atoms with Crippen LogP contribution in [-0.4, -0.2) is 32.7 Å². The van der Waals surface area contributed by atoms with Gasteiger partial charge in [-0.05, 0) is 19.9 Å². The lowest BCUT2D eigenvalue weighted by molar-refractivity contribution is 0.0519. The zero-order valence-electron chi connectivity index (χ0n) is 10.1. The fourth-order valence-electron chi connectivity index (χ4n) is 1.33. The number of nitrogens with one attached hydrogen (secondary N) is 2. The van der Waals surface area contributed by atoms with Gasteiger partial charge in [-0.15, -0.1) is 0 Å². The number of aromatic amines is 1. The number of H-pyrrole nitrogens is 1. The van der Waals surface area contributed by atoms with Crippen LogP contribution in [0, 0.1) is 6.92 Å². The first-order chi connectivity index (χ1) is 8.69. The Bertz CT molecular complexity index is 552. The van der Waals surface area contributed by atoms with E-state index in [1.165, 1.54) is 12.3 Å². The minimum Gasteiger partial charge on any atom is -0.461 e. The summed E-state index contributed by atoms with van der Waals surface area (Å²) in [6.07, 6.45) is 1.49. The molecule has 7 heteroatoms. The number of hydrogen-bond donors (Lipinski definition) is 2. The van der Waals surface area contributed by atoms with E-state index in [0.717, 1.165) is 5.69 Å². The highest BCUT2D eigenvalue weighted by Crippen LogP contribution is 2.10. The Hall–Kier alpha value is -2.44. The number of hydrogen-bond acceptors (Lipinski definition) is 6. The molecule has 0 aromatic carbocycles. The van der Waals surface area contributed by atoms with Crippen molar-refractivity contribution in [1.29, 1.82) is 0 Å². The van der Waals surface area contributed by atoms with E-state index in [4.69, 9.17) is 4.74 Å². The molecule has 0 saturated carbocycles. The van der Waals surface area contributed by atoms with Crippen LogP contribution in [0.25, 0.3) is 0 Å². The number of aromatic nitrogens is 4. The predicted octanol–water partition coefficient (Wildman–Crippen LogP) is 1.43. The first-order valence-electron chi connectivity index (χ1n) is 5.48. The average molecular weight is 247 g/mol. The average Bonchev–Trinajstić information content (AvgIpc) is 2.75. The molecule has 0 fully saturated rings. The molecule has 18 heavy (non-hydrogen) atoms. The fraction of sp³-hybridized carbons (Fsp3) is 0.273. The number of carbonyl (C=O) groups is 1. The van der Waals surface area contributed by atoms with Gasteiger partial charge in [-0.3, -0.25) is 5.10 Å². The molecule has 0 aliphatic carbocycles. The summed E-state index contributed by atoms with van der Waals surface area (Å²) in [5.41, 5.74) is 1.13. The van der Waals surface area contributed by atoms with Crippen molar-refractivity contribution in [1.82, 2.24) is 20.2 Å². The lowest BCUT2D eigenvalue weighted by Crippen LogP contribution is -2.09. The van der Waals surface area contributed by atoms with E-state index in [2.05, 4.69) is 25.5 Å². The number of ether oxygens (including phenoxy) is 1. The molecule has 2 heterocycles. The van der Waals surface area contributed by atoms with Crippen molar-refractivity contribution in [2.45, 2.75) is 13.8 Å². The van der Waals surface area contributed by atoms with E-state index in [-0.39, 0.29) is 5.69 Å².